The van der Waals surface area contributed by atoms with E-state index in [2.05, 4.69) is 31.1 Å². The molecule has 0 bridgehead atoms. The van der Waals surface area contributed by atoms with E-state index in [0.29, 0.717) is 22.6 Å². The standard InChI is InChI=1S/C29H26F3N7O2/c1-16-4-6-20(12-24(16)18-5-7-23-25(8-18)37-38-26(23)13-27(40)33-3)35-28(41)36-21-9-19(29(30,31)32)10-22(11-21)39-14-17(2)34-15-39/h4-12,14-15H,13H2,1-3H3,(H,33,40)(H,37,38)(H2,35,36,41). The van der Waals surface area contributed by atoms with E-state index in [1.807, 2.05) is 31.2 Å². The van der Waals surface area contributed by atoms with Crippen molar-refractivity contribution in [3.63, 3.8) is 0 Å². The van der Waals surface area contributed by atoms with E-state index in [1.165, 1.54) is 17.0 Å². The lowest BCUT2D eigenvalue weighted by atomic mass is 9.98. The molecule has 2 aromatic heterocycles. The number of carbonyl (C=O) groups excluding carboxylic acids is 2. The van der Waals surface area contributed by atoms with Crippen LogP contribution in [0.1, 0.15) is 22.5 Å². The number of anilines is 2. The van der Waals surface area contributed by atoms with Gasteiger partial charge in [-0.25, -0.2) is 9.78 Å². The van der Waals surface area contributed by atoms with E-state index in [1.54, 1.807) is 32.3 Å². The second-order valence-electron chi connectivity index (χ2n) is 9.58. The molecule has 3 amide bonds. The number of aryl methyl sites for hydroxylation is 2. The lowest BCUT2D eigenvalue weighted by Crippen LogP contribution is -2.20. The number of carbonyl (C=O) groups is 2. The molecule has 0 unspecified atom stereocenters. The monoisotopic (exact) mass is 561 g/mol. The Morgan fingerprint density at radius 1 is 0.976 bits per heavy atom. The van der Waals surface area contributed by atoms with E-state index >= 15 is 0 Å². The van der Waals surface area contributed by atoms with Gasteiger partial charge in [-0.1, -0.05) is 18.2 Å². The molecule has 12 heteroatoms. The molecule has 0 spiro atoms. The number of alkyl halides is 3. The minimum atomic E-state index is -4.61. The Kier molecular flexibility index (Phi) is 7.22. The van der Waals surface area contributed by atoms with Crippen LogP contribution in [-0.2, 0) is 17.4 Å². The number of rotatable bonds is 6. The molecule has 0 aliphatic heterocycles. The zero-order valence-electron chi connectivity index (χ0n) is 22.3. The minimum Gasteiger partial charge on any atom is -0.359 e. The fourth-order valence-corrected chi connectivity index (χ4v) is 4.48. The molecule has 0 aliphatic rings. The molecule has 0 radical (unpaired) electrons. The predicted octanol–water partition coefficient (Wildman–Crippen LogP) is 5.98. The van der Waals surface area contributed by atoms with E-state index in [-0.39, 0.29) is 23.7 Å². The molecule has 3 aromatic carbocycles. The van der Waals surface area contributed by atoms with Crippen molar-refractivity contribution in [3.05, 3.63) is 89.6 Å². The third-order valence-corrected chi connectivity index (χ3v) is 6.57. The van der Waals surface area contributed by atoms with Gasteiger partial charge in [-0.05, 0) is 66.9 Å². The van der Waals surface area contributed by atoms with Crippen LogP contribution in [0.25, 0.3) is 27.7 Å². The molecule has 0 fully saturated rings. The number of hydrogen-bond donors (Lipinski definition) is 4. The number of likely N-dealkylation sites (N-methyl/N-ethyl adjacent to an activating group) is 1. The van der Waals surface area contributed by atoms with E-state index in [9.17, 15) is 22.8 Å². The van der Waals surface area contributed by atoms with Crippen LogP contribution in [0, 0.1) is 13.8 Å². The van der Waals surface area contributed by atoms with E-state index in [4.69, 9.17) is 0 Å². The summed E-state index contributed by atoms with van der Waals surface area (Å²) in [7, 11) is 1.57. The first-order valence-corrected chi connectivity index (χ1v) is 12.6. The zero-order chi connectivity index (χ0) is 29.3. The largest absolute Gasteiger partial charge is 0.416 e. The van der Waals surface area contributed by atoms with Crippen LogP contribution >= 0.6 is 0 Å². The highest BCUT2D eigenvalue weighted by molar-refractivity contribution is 6.00. The van der Waals surface area contributed by atoms with Gasteiger partial charge in [0.05, 0.1) is 35.2 Å². The number of hydrogen-bond acceptors (Lipinski definition) is 4. The number of aromatic nitrogens is 4. The summed E-state index contributed by atoms with van der Waals surface area (Å²) in [6.45, 7) is 3.65. The maximum absolute atomic E-state index is 13.6. The van der Waals surface area contributed by atoms with Crippen molar-refractivity contribution in [1.29, 1.82) is 0 Å². The Morgan fingerprint density at radius 3 is 2.46 bits per heavy atom. The van der Waals surface area contributed by atoms with Gasteiger partial charge in [0.25, 0.3) is 0 Å². The first-order chi connectivity index (χ1) is 19.5. The third kappa shape index (κ3) is 6.06. The Bertz CT molecular complexity index is 1770. The Labute approximate surface area is 232 Å². The van der Waals surface area contributed by atoms with Crippen LogP contribution < -0.4 is 16.0 Å². The van der Waals surface area contributed by atoms with Crippen LogP contribution in [0.5, 0.6) is 0 Å². The van der Waals surface area contributed by atoms with Crippen molar-refractivity contribution in [2.75, 3.05) is 17.7 Å². The average Bonchev–Trinajstić information content (AvgIpc) is 3.54. The maximum atomic E-state index is 13.6. The quantitative estimate of drug-likeness (QED) is 0.204. The summed E-state index contributed by atoms with van der Waals surface area (Å²) >= 11 is 0. The van der Waals surface area contributed by atoms with Gasteiger partial charge in [0.15, 0.2) is 0 Å². The fraction of sp³-hybridized carbons (Fsp3) is 0.172. The van der Waals surface area contributed by atoms with Gasteiger partial charge in [-0.2, -0.15) is 18.3 Å². The number of fused-ring (bicyclic) bond motifs is 1. The molecular formula is C29H26F3N7O2. The normalized spacial score (nSPS) is 11.5. The van der Waals surface area contributed by atoms with Gasteiger partial charge < -0.3 is 20.5 Å². The van der Waals surface area contributed by atoms with Crippen LogP contribution in [0.4, 0.5) is 29.3 Å². The number of nitrogens with zero attached hydrogens (tertiary/aromatic N) is 3. The molecule has 9 nitrogen and oxygen atoms in total. The summed E-state index contributed by atoms with van der Waals surface area (Å²) in [6.07, 6.45) is -1.43. The molecule has 0 saturated heterocycles. The summed E-state index contributed by atoms with van der Waals surface area (Å²) in [6, 6.07) is 13.6. The predicted molar refractivity (Wildman–Crippen MR) is 150 cm³/mol. The van der Waals surface area contributed by atoms with Crippen LogP contribution in [0.2, 0.25) is 0 Å². The van der Waals surface area contributed by atoms with Crippen molar-refractivity contribution in [3.8, 4) is 16.8 Å². The maximum Gasteiger partial charge on any atom is 0.416 e. The number of benzene rings is 3. The number of halogens is 3. The summed E-state index contributed by atoms with van der Waals surface area (Å²) in [5.74, 6) is -0.134. The molecule has 5 rings (SSSR count). The number of nitrogens with one attached hydrogen (secondary N) is 4. The SMILES string of the molecule is CNC(=O)Cc1[nH]nc2cc(-c3cc(NC(=O)Nc4cc(-n5cnc(C)c5)cc(C(F)(F)F)c4)ccc3C)ccc12. The average molecular weight is 562 g/mol. The van der Waals surface area contributed by atoms with Gasteiger partial charge >= 0.3 is 12.2 Å². The van der Waals surface area contributed by atoms with Crippen molar-refractivity contribution >= 4 is 34.2 Å². The molecule has 41 heavy (non-hydrogen) atoms. The first-order valence-electron chi connectivity index (χ1n) is 12.6. The highest BCUT2D eigenvalue weighted by atomic mass is 19.4. The second-order valence-corrected chi connectivity index (χ2v) is 9.58. The Balaban J connectivity index is 1.38. The summed E-state index contributed by atoms with van der Waals surface area (Å²) in [5, 5.41) is 15.9. The number of imidazole rings is 1. The first kappa shape index (κ1) is 27.4. The van der Waals surface area contributed by atoms with E-state index < -0.39 is 17.8 Å². The molecule has 5 aromatic rings. The van der Waals surface area contributed by atoms with Crippen molar-refractivity contribution in [2.24, 2.45) is 0 Å². The van der Waals surface area contributed by atoms with Crippen molar-refractivity contribution < 1.29 is 22.8 Å². The number of H-pyrrole nitrogens is 1. The summed E-state index contributed by atoms with van der Waals surface area (Å²) in [4.78, 5) is 28.7. The molecule has 0 atom stereocenters. The van der Waals surface area contributed by atoms with Gasteiger partial charge in [0, 0.05) is 35.7 Å². The summed E-state index contributed by atoms with van der Waals surface area (Å²) in [5.41, 5.74) is 4.37. The molecule has 210 valence electrons. The van der Waals surface area contributed by atoms with Crippen LogP contribution in [0.3, 0.4) is 0 Å². The fourth-order valence-electron chi connectivity index (χ4n) is 4.48. The number of urea groups is 1. The Hall–Kier alpha value is -5.13. The lowest BCUT2D eigenvalue weighted by Gasteiger charge is -2.15. The Morgan fingerprint density at radius 2 is 1.76 bits per heavy atom. The molecule has 0 aliphatic carbocycles. The van der Waals surface area contributed by atoms with Crippen molar-refractivity contribution in [2.45, 2.75) is 26.4 Å². The highest BCUT2D eigenvalue weighted by Gasteiger charge is 2.31. The minimum absolute atomic E-state index is 0.0254. The number of amides is 3. The summed E-state index contributed by atoms with van der Waals surface area (Å²) < 4.78 is 42.2. The van der Waals surface area contributed by atoms with Crippen LogP contribution in [0.15, 0.2) is 67.1 Å². The second kappa shape index (κ2) is 10.8. The molecule has 2 heterocycles. The smallest absolute Gasteiger partial charge is 0.359 e. The van der Waals surface area contributed by atoms with Crippen molar-refractivity contribution in [1.82, 2.24) is 25.1 Å². The highest BCUT2D eigenvalue weighted by Crippen LogP contribution is 2.34. The molecule has 4 N–H and O–H groups in total. The lowest BCUT2D eigenvalue weighted by molar-refractivity contribution is -0.137. The molecular weight excluding hydrogens is 535 g/mol. The van der Waals surface area contributed by atoms with Gasteiger partial charge in [-0.15, -0.1) is 0 Å². The number of aromatic amines is 1. The topological polar surface area (TPSA) is 117 Å². The third-order valence-electron chi connectivity index (χ3n) is 6.57. The molecule has 0 saturated carbocycles. The van der Waals surface area contributed by atoms with Gasteiger partial charge in [0.2, 0.25) is 5.91 Å². The van der Waals surface area contributed by atoms with E-state index in [0.717, 1.165) is 34.2 Å². The van der Waals surface area contributed by atoms with Gasteiger partial charge in [-0.3, -0.25) is 9.89 Å². The van der Waals surface area contributed by atoms with Gasteiger partial charge in [0.1, 0.15) is 0 Å². The zero-order valence-corrected chi connectivity index (χ0v) is 22.3. The van der Waals surface area contributed by atoms with Crippen LogP contribution in [-0.4, -0.2) is 38.7 Å².